The van der Waals surface area contributed by atoms with Gasteiger partial charge in [0.1, 0.15) is 0 Å². The molecule has 1 atom stereocenters. The van der Waals surface area contributed by atoms with E-state index in [4.69, 9.17) is 9.47 Å². The van der Waals surface area contributed by atoms with E-state index in [0.29, 0.717) is 34.3 Å². The summed E-state index contributed by atoms with van der Waals surface area (Å²) in [4.78, 5) is 27.4. The first-order valence-electron chi connectivity index (χ1n) is 9.93. The van der Waals surface area contributed by atoms with Crippen molar-refractivity contribution < 1.29 is 24.2 Å². The highest BCUT2D eigenvalue weighted by Gasteiger charge is 2.37. The van der Waals surface area contributed by atoms with Crippen molar-refractivity contribution in [3.05, 3.63) is 69.3 Å². The van der Waals surface area contributed by atoms with Gasteiger partial charge in [-0.25, -0.2) is 9.59 Å². The fourth-order valence-electron chi connectivity index (χ4n) is 3.58. The summed E-state index contributed by atoms with van der Waals surface area (Å²) in [6, 6.07) is 12.0. The maximum atomic E-state index is 13.0. The van der Waals surface area contributed by atoms with Gasteiger partial charge in [-0.1, -0.05) is 30.3 Å². The number of aromatic hydroxyl groups is 1. The molecule has 0 spiro atoms. The quantitative estimate of drug-likeness (QED) is 0.566. The Bertz CT molecular complexity index is 1010. The maximum Gasteiger partial charge on any atom is 0.338 e. The van der Waals surface area contributed by atoms with E-state index >= 15 is 0 Å². The number of esters is 1. The Morgan fingerprint density at radius 3 is 2.61 bits per heavy atom. The van der Waals surface area contributed by atoms with Gasteiger partial charge in [0.2, 0.25) is 0 Å². The lowest BCUT2D eigenvalue weighted by Gasteiger charge is -2.35. The number of halogens is 1. The summed E-state index contributed by atoms with van der Waals surface area (Å²) in [5.41, 5.74) is 2.55. The van der Waals surface area contributed by atoms with Crippen LogP contribution in [-0.4, -0.2) is 42.3 Å². The molecule has 1 aliphatic rings. The molecular weight excluding hydrogens is 464 g/mol. The van der Waals surface area contributed by atoms with Crippen molar-refractivity contribution in [3.8, 4) is 11.5 Å². The summed E-state index contributed by atoms with van der Waals surface area (Å²) in [5.74, 6) is -0.333. The number of allylic oxidation sites excluding steroid dienone is 1. The zero-order valence-corrected chi connectivity index (χ0v) is 19.2. The number of carbonyl (C=O) groups is 2. The lowest BCUT2D eigenvalue weighted by Crippen LogP contribution is -2.48. The number of carbonyl (C=O) groups excluding carboxylic acids is 2. The molecule has 31 heavy (non-hydrogen) atoms. The fourth-order valence-corrected chi connectivity index (χ4v) is 4.04. The molecule has 0 unspecified atom stereocenters. The summed E-state index contributed by atoms with van der Waals surface area (Å²) in [6.45, 7) is 4.11. The van der Waals surface area contributed by atoms with E-state index in [2.05, 4.69) is 21.2 Å². The predicted molar refractivity (Wildman–Crippen MR) is 120 cm³/mol. The van der Waals surface area contributed by atoms with Crippen LogP contribution in [0, 0.1) is 0 Å². The van der Waals surface area contributed by atoms with Crippen molar-refractivity contribution in [3.63, 3.8) is 0 Å². The first kappa shape index (κ1) is 22.7. The van der Waals surface area contributed by atoms with Crippen LogP contribution in [0.25, 0.3) is 0 Å². The number of nitrogens with zero attached hydrogens (tertiary/aromatic N) is 1. The largest absolute Gasteiger partial charge is 0.503 e. The molecule has 0 saturated carbocycles. The highest BCUT2D eigenvalue weighted by molar-refractivity contribution is 9.10. The number of phenols is 1. The van der Waals surface area contributed by atoms with Crippen molar-refractivity contribution in [2.75, 3.05) is 20.3 Å². The number of hydrogen-bond acceptors (Lipinski definition) is 5. The molecule has 2 aromatic rings. The topological polar surface area (TPSA) is 88.1 Å². The summed E-state index contributed by atoms with van der Waals surface area (Å²) in [7, 11) is 1.43. The van der Waals surface area contributed by atoms with Gasteiger partial charge < -0.3 is 19.9 Å². The van der Waals surface area contributed by atoms with Crippen LogP contribution in [0.15, 0.2) is 58.2 Å². The number of benzene rings is 2. The normalized spacial score (nSPS) is 16.2. The van der Waals surface area contributed by atoms with Gasteiger partial charge >= 0.3 is 12.0 Å². The van der Waals surface area contributed by atoms with E-state index < -0.39 is 12.0 Å². The summed E-state index contributed by atoms with van der Waals surface area (Å²) < 4.78 is 10.9. The first-order chi connectivity index (χ1) is 14.9. The third kappa shape index (κ3) is 4.85. The Labute approximate surface area is 189 Å². The molecule has 0 aliphatic carbocycles. The van der Waals surface area contributed by atoms with E-state index in [-0.39, 0.29) is 24.1 Å². The molecule has 0 fully saturated rings. The number of hydrogen-bond donors (Lipinski definition) is 2. The average molecular weight is 489 g/mol. The SMILES string of the molecule is CCOC(=O)C1=C(C)N(CCc2ccccc2)C(=O)N[C@@H]1c1cc(Br)c(O)c(OC)c1. The molecule has 2 aromatic carbocycles. The second-order valence-corrected chi connectivity index (χ2v) is 7.90. The Morgan fingerprint density at radius 1 is 1.26 bits per heavy atom. The van der Waals surface area contributed by atoms with E-state index in [0.717, 1.165) is 5.56 Å². The molecular formula is C23H25BrN2O5. The van der Waals surface area contributed by atoms with Crippen LogP contribution in [0.2, 0.25) is 0 Å². The summed E-state index contributed by atoms with van der Waals surface area (Å²) >= 11 is 3.30. The predicted octanol–water partition coefficient (Wildman–Crippen LogP) is 4.31. The third-order valence-electron chi connectivity index (χ3n) is 5.16. The van der Waals surface area contributed by atoms with Crippen LogP contribution in [0.4, 0.5) is 4.79 Å². The van der Waals surface area contributed by atoms with Gasteiger partial charge in [0.15, 0.2) is 11.5 Å². The van der Waals surface area contributed by atoms with E-state index in [1.54, 1.807) is 30.9 Å². The number of nitrogens with one attached hydrogen (secondary N) is 1. The Kier molecular flexibility index (Phi) is 7.22. The number of rotatable bonds is 7. The minimum Gasteiger partial charge on any atom is -0.503 e. The van der Waals surface area contributed by atoms with Crippen LogP contribution >= 0.6 is 15.9 Å². The molecule has 1 heterocycles. The van der Waals surface area contributed by atoms with Crippen LogP contribution in [0.5, 0.6) is 11.5 Å². The van der Waals surface area contributed by atoms with Crippen LogP contribution in [-0.2, 0) is 16.0 Å². The van der Waals surface area contributed by atoms with Crippen LogP contribution in [0.1, 0.15) is 31.0 Å². The Morgan fingerprint density at radius 2 is 1.97 bits per heavy atom. The molecule has 0 bridgehead atoms. The number of phenolic OH excluding ortho intramolecular Hbond substituents is 1. The fraction of sp³-hybridized carbons (Fsp3) is 0.304. The van der Waals surface area contributed by atoms with Gasteiger partial charge in [-0.15, -0.1) is 0 Å². The highest BCUT2D eigenvalue weighted by Crippen LogP contribution is 2.40. The Balaban J connectivity index is 2.01. The summed E-state index contributed by atoms with van der Waals surface area (Å²) in [5, 5.41) is 13.0. The van der Waals surface area contributed by atoms with E-state index in [9.17, 15) is 14.7 Å². The lowest BCUT2D eigenvalue weighted by molar-refractivity contribution is -0.139. The minimum atomic E-state index is -0.745. The molecule has 2 amide bonds. The molecule has 2 N–H and O–H groups in total. The molecule has 7 nitrogen and oxygen atoms in total. The molecule has 0 saturated heterocycles. The number of amides is 2. The average Bonchev–Trinajstić information content (AvgIpc) is 2.75. The molecule has 0 aromatic heterocycles. The summed E-state index contributed by atoms with van der Waals surface area (Å²) in [6.07, 6.45) is 0.644. The van der Waals surface area contributed by atoms with Crippen LogP contribution in [0.3, 0.4) is 0 Å². The first-order valence-corrected chi connectivity index (χ1v) is 10.7. The van der Waals surface area contributed by atoms with Gasteiger partial charge in [-0.05, 0) is 59.5 Å². The van der Waals surface area contributed by atoms with Crippen molar-refractivity contribution in [1.82, 2.24) is 10.2 Å². The van der Waals surface area contributed by atoms with Crippen molar-refractivity contribution in [1.29, 1.82) is 0 Å². The number of urea groups is 1. The van der Waals surface area contributed by atoms with Crippen molar-refractivity contribution in [2.45, 2.75) is 26.3 Å². The maximum absolute atomic E-state index is 13.0. The molecule has 8 heteroatoms. The van der Waals surface area contributed by atoms with Gasteiger partial charge in [0, 0.05) is 12.2 Å². The van der Waals surface area contributed by atoms with E-state index in [1.165, 1.54) is 7.11 Å². The number of ether oxygens (including phenoxy) is 2. The smallest absolute Gasteiger partial charge is 0.338 e. The van der Waals surface area contributed by atoms with Gasteiger partial charge in [-0.3, -0.25) is 4.90 Å². The molecule has 1 aliphatic heterocycles. The highest BCUT2D eigenvalue weighted by atomic mass is 79.9. The van der Waals surface area contributed by atoms with Gasteiger partial charge in [0.25, 0.3) is 0 Å². The minimum absolute atomic E-state index is 0.0590. The molecule has 3 rings (SSSR count). The van der Waals surface area contributed by atoms with Gasteiger partial charge in [-0.2, -0.15) is 0 Å². The second kappa shape index (κ2) is 9.87. The third-order valence-corrected chi connectivity index (χ3v) is 5.77. The zero-order valence-electron chi connectivity index (χ0n) is 17.6. The standard InChI is InChI=1S/C23H25BrN2O5/c1-4-31-22(28)19-14(2)26(11-10-15-8-6-5-7-9-15)23(29)25-20(19)16-12-17(24)21(27)18(13-16)30-3/h5-9,12-13,20,27H,4,10-11H2,1-3H3,(H,25,29)/t20-/m1/s1. The monoisotopic (exact) mass is 488 g/mol. The molecule has 0 radical (unpaired) electrons. The Hall–Kier alpha value is -3.00. The van der Waals surface area contributed by atoms with Gasteiger partial charge in [0.05, 0.1) is 29.8 Å². The molecule has 164 valence electrons. The van der Waals surface area contributed by atoms with Crippen molar-refractivity contribution in [2.24, 2.45) is 0 Å². The lowest BCUT2D eigenvalue weighted by atomic mass is 9.94. The zero-order chi connectivity index (χ0) is 22.5. The second-order valence-electron chi connectivity index (χ2n) is 7.04. The van der Waals surface area contributed by atoms with E-state index in [1.807, 2.05) is 30.3 Å². The number of methoxy groups -OCH3 is 1. The van der Waals surface area contributed by atoms with Crippen molar-refractivity contribution >= 4 is 27.9 Å². The van der Waals surface area contributed by atoms with Crippen LogP contribution < -0.4 is 10.1 Å².